The second-order valence-electron chi connectivity index (χ2n) is 11.5. The first-order chi connectivity index (χ1) is 16.0. The summed E-state index contributed by atoms with van der Waals surface area (Å²) in [5, 5.41) is 2.80. The predicted molar refractivity (Wildman–Crippen MR) is 137 cm³/mol. The highest BCUT2D eigenvalue weighted by Crippen LogP contribution is 2.51. The van der Waals surface area contributed by atoms with Gasteiger partial charge in [0.15, 0.2) is 0 Å². The lowest BCUT2D eigenvalue weighted by molar-refractivity contribution is 0.449. The van der Waals surface area contributed by atoms with Crippen LogP contribution >= 0.6 is 0 Å². The summed E-state index contributed by atoms with van der Waals surface area (Å²) in [6.45, 7) is 7.08. The quantitative estimate of drug-likeness (QED) is 0.302. The molecule has 0 amide bonds. The fourth-order valence-electron chi connectivity index (χ4n) is 7.55. The van der Waals surface area contributed by atoms with Crippen molar-refractivity contribution in [1.82, 2.24) is 4.98 Å². The highest BCUT2D eigenvalue weighted by Gasteiger charge is 2.43. The molecule has 164 valence electrons. The van der Waals surface area contributed by atoms with Crippen LogP contribution < -0.4 is 0 Å². The van der Waals surface area contributed by atoms with Gasteiger partial charge in [-0.15, -0.1) is 0 Å². The summed E-state index contributed by atoms with van der Waals surface area (Å²) in [4.78, 5) is 4.99. The van der Waals surface area contributed by atoms with Crippen molar-refractivity contribution >= 4 is 10.8 Å². The molecule has 4 aromatic rings. The fourth-order valence-corrected chi connectivity index (χ4v) is 7.55. The van der Waals surface area contributed by atoms with Crippen LogP contribution in [-0.4, -0.2) is 4.98 Å². The van der Waals surface area contributed by atoms with Gasteiger partial charge in [0.25, 0.3) is 0 Å². The van der Waals surface area contributed by atoms with Crippen molar-refractivity contribution in [3.63, 3.8) is 0 Å². The smallest absolute Gasteiger partial charge is 0.0711 e. The van der Waals surface area contributed by atoms with E-state index in [1.165, 1.54) is 59.6 Å². The van der Waals surface area contributed by atoms with Gasteiger partial charge in [-0.25, -0.2) is 0 Å². The highest BCUT2D eigenvalue weighted by atomic mass is 14.7. The van der Waals surface area contributed by atoms with Gasteiger partial charge in [0, 0.05) is 17.2 Å². The lowest BCUT2D eigenvalue weighted by Gasteiger charge is -2.25. The third-order valence-electron chi connectivity index (χ3n) is 9.06. The topological polar surface area (TPSA) is 12.9 Å². The van der Waals surface area contributed by atoms with Crippen LogP contribution in [0.5, 0.6) is 0 Å². The summed E-state index contributed by atoms with van der Waals surface area (Å²) in [5.74, 6) is 0.597. The summed E-state index contributed by atoms with van der Waals surface area (Å²) in [6.07, 6.45) is 8.21. The maximum atomic E-state index is 4.99. The van der Waals surface area contributed by atoms with Crippen LogP contribution in [-0.2, 0) is 30.1 Å². The molecule has 3 aromatic carbocycles. The lowest BCUT2D eigenvalue weighted by atomic mass is 9.78. The minimum Gasteiger partial charge on any atom is -0.256 e. The summed E-state index contributed by atoms with van der Waals surface area (Å²) in [7, 11) is 0. The first-order valence-electron chi connectivity index (χ1n) is 12.6. The number of aryl methyl sites for hydroxylation is 1. The Morgan fingerprint density at radius 1 is 0.848 bits per heavy atom. The molecular weight excluding hydrogens is 398 g/mol. The van der Waals surface area contributed by atoms with E-state index in [0.29, 0.717) is 11.3 Å². The van der Waals surface area contributed by atoms with Gasteiger partial charge >= 0.3 is 0 Å². The van der Waals surface area contributed by atoms with Crippen LogP contribution in [0.3, 0.4) is 0 Å². The fraction of sp³-hybridized carbons (Fsp3) is 0.344. The molecule has 3 aliphatic carbocycles. The van der Waals surface area contributed by atoms with Gasteiger partial charge in [-0.2, -0.15) is 0 Å². The van der Waals surface area contributed by atoms with E-state index < -0.39 is 0 Å². The zero-order valence-electron chi connectivity index (χ0n) is 19.9. The van der Waals surface area contributed by atoms with Crippen LogP contribution in [0.25, 0.3) is 22.0 Å². The molecule has 1 unspecified atom stereocenters. The molecule has 0 fully saturated rings. The van der Waals surface area contributed by atoms with Crippen molar-refractivity contribution < 1.29 is 0 Å². The molecule has 1 spiro atoms. The molecule has 0 bridgehead atoms. The zero-order chi connectivity index (χ0) is 22.4. The molecule has 3 aliphatic rings. The average molecular weight is 430 g/mol. The van der Waals surface area contributed by atoms with E-state index in [1.54, 1.807) is 22.3 Å². The normalized spacial score (nSPS) is 21.4. The molecule has 1 nitrogen and oxygen atoms in total. The van der Waals surface area contributed by atoms with Crippen LogP contribution in [0.15, 0.2) is 66.9 Å². The molecule has 0 aliphatic heterocycles. The van der Waals surface area contributed by atoms with Gasteiger partial charge < -0.3 is 0 Å². The Morgan fingerprint density at radius 3 is 2.42 bits per heavy atom. The Morgan fingerprint density at radius 2 is 1.64 bits per heavy atom. The number of nitrogens with zero attached hydrogens (tertiary/aromatic N) is 1. The monoisotopic (exact) mass is 429 g/mol. The molecule has 1 heteroatoms. The number of rotatable bonds is 1. The van der Waals surface area contributed by atoms with E-state index in [0.717, 1.165) is 5.69 Å². The molecule has 0 radical (unpaired) electrons. The summed E-state index contributed by atoms with van der Waals surface area (Å²) < 4.78 is 0. The van der Waals surface area contributed by atoms with Crippen LogP contribution in [0, 0.1) is 0 Å². The summed E-state index contributed by atoms with van der Waals surface area (Å²) in [6, 6.07) is 23.2. The Balaban J connectivity index is 1.35. The van der Waals surface area contributed by atoms with Gasteiger partial charge in [-0.3, -0.25) is 4.98 Å². The van der Waals surface area contributed by atoms with Gasteiger partial charge in [0.1, 0.15) is 0 Å². The number of aromatic nitrogens is 1. The predicted octanol–water partition coefficient (Wildman–Crippen LogP) is 7.67. The molecule has 33 heavy (non-hydrogen) atoms. The first-order valence-corrected chi connectivity index (χ1v) is 12.6. The number of benzene rings is 3. The Labute approximate surface area is 196 Å². The molecule has 1 aromatic heterocycles. The Bertz CT molecular complexity index is 1420. The Kier molecular flexibility index (Phi) is 3.89. The first kappa shape index (κ1) is 19.5. The SMILES string of the molecule is CC1CC(C)(C)c2cnc(-c3cccc4c5c(ccc34)C3(CC5)Cc4ccccc4C3)cc21. The van der Waals surface area contributed by atoms with Gasteiger partial charge in [-0.1, -0.05) is 75.4 Å². The maximum absolute atomic E-state index is 4.99. The molecular formula is C32H31N. The minimum absolute atomic E-state index is 0.229. The van der Waals surface area contributed by atoms with E-state index in [1.807, 2.05) is 0 Å². The van der Waals surface area contributed by atoms with Crippen molar-refractivity contribution in [2.24, 2.45) is 0 Å². The van der Waals surface area contributed by atoms with Crippen molar-refractivity contribution in [3.05, 3.63) is 100 Å². The molecule has 1 atom stereocenters. The molecule has 0 N–H and O–H groups in total. The third kappa shape index (κ3) is 2.69. The van der Waals surface area contributed by atoms with E-state index in [9.17, 15) is 0 Å². The number of fused-ring (bicyclic) bond motifs is 6. The van der Waals surface area contributed by atoms with Crippen molar-refractivity contribution in [1.29, 1.82) is 0 Å². The third-order valence-corrected chi connectivity index (χ3v) is 9.06. The number of hydrogen-bond donors (Lipinski definition) is 0. The van der Waals surface area contributed by atoms with Crippen LogP contribution in [0.4, 0.5) is 0 Å². The van der Waals surface area contributed by atoms with E-state index in [-0.39, 0.29) is 5.41 Å². The van der Waals surface area contributed by atoms with E-state index in [4.69, 9.17) is 4.98 Å². The maximum Gasteiger partial charge on any atom is 0.0711 e. The van der Waals surface area contributed by atoms with Crippen molar-refractivity contribution in [2.45, 2.75) is 69.6 Å². The molecule has 0 saturated carbocycles. The second kappa shape index (κ2) is 6.56. The van der Waals surface area contributed by atoms with Crippen LogP contribution in [0.2, 0.25) is 0 Å². The average Bonchev–Trinajstić information content (AvgIpc) is 3.44. The minimum atomic E-state index is 0.229. The molecule has 1 heterocycles. The number of pyridine rings is 1. The largest absolute Gasteiger partial charge is 0.256 e. The van der Waals surface area contributed by atoms with Gasteiger partial charge in [-0.05, 0) is 93.7 Å². The van der Waals surface area contributed by atoms with E-state index in [2.05, 4.69) is 87.6 Å². The van der Waals surface area contributed by atoms with Crippen molar-refractivity contribution in [2.75, 3.05) is 0 Å². The van der Waals surface area contributed by atoms with Gasteiger partial charge in [0.05, 0.1) is 5.69 Å². The van der Waals surface area contributed by atoms with Gasteiger partial charge in [0.2, 0.25) is 0 Å². The standard InChI is InChI=1S/C32H31N/c1-20-16-31(2,3)29-19-33-30(15-27(20)29)26-10-6-9-23-24(26)11-12-28-25(23)13-14-32(28)17-21-7-4-5-8-22(21)18-32/h4-12,15,19-20H,13-14,16-18H2,1-3H3. The molecule has 0 saturated heterocycles. The summed E-state index contributed by atoms with van der Waals surface area (Å²) in [5.41, 5.74) is 12.2. The zero-order valence-corrected chi connectivity index (χ0v) is 19.9. The second-order valence-corrected chi connectivity index (χ2v) is 11.5. The van der Waals surface area contributed by atoms with Crippen LogP contribution in [0.1, 0.15) is 72.9 Å². The van der Waals surface area contributed by atoms with Crippen molar-refractivity contribution in [3.8, 4) is 11.3 Å². The molecule has 7 rings (SSSR count). The highest BCUT2D eigenvalue weighted by molar-refractivity contribution is 5.99. The Hall–Kier alpha value is -2.93. The lowest BCUT2D eigenvalue weighted by Crippen LogP contribution is -2.23. The summed E-state index contributed by atoms with van der Waals surface area (Å²) >= 11 is 0. The van der Waals surface area contributed by atoms with E-state index >= 15 is 0 Å². The number of hydrogen-bond acceptors (Lipinski definition) is 1.